The number of aliphatic hydroxyl groups is 1. The number of halogens is 4. The Kier molecular flexibility index (Phi) is 6.24. The van der Waals surface area contributed by atoms with Crippen molar-refractivity contribution in [2.75, 3.05) is 16.7 Å². The van der Waals surface area contributed by atoms with Crippen LogP contribution in [-0.4, -0.2) is 36.4 Å². The van der Waals surface area contributed by atoms with Crippen LogP contribution in [0, 0.1) is 0 Å². The summed E-state index contributed by atoms with van der Waals surface area (Å²) in [5.41, 5.74) is 2.24. The first-order valence-corrected chi connectivity index (χ1v) is 9.98. The minimum atomic E-state index is -4.75. The van der Waals surface area contributed by atoms with Gasteiger partial charge in [-0.1, -0.05) is 0 Å². The lowest BCUT2D eigenvalue weighted by Gasteiger charge is -2.14. The molecule has 28 heavy (non-hydrogen) atoms. The van der Waals surface area contributed by atoms with Crippen molar-refractivity contribution in [1.82, 2.24) is 5.32 Å². The van der Waals surface area contributed by atoms with Crippen molar-refractivity contribution >= 4 is 44.4 Å². The number of rotatable bonds is 5. The van der Waals surface area contributed by atoms with Crippen LogP contribution in [0.5, 0.6) is 5.75 Å². The van der Waals surface area contributed by atoms with Crippen LogP contribution >= 0.6 is 21.3 Å². The summed E-state index contributed by atoms with van der Waals surface area (Å²) >= 11 is -0.783. The van der Waals surface area contributed by atoms with Gasteiger partial charge in [-0.2, -0.15) is 3.15 Å². The third-order valence-corrected chi connectivity index (χ3v) is 5.01. The van der Waals surface area contributed by atoms with E-state index in [1.165, 1.54) is 24.3 Å². The summed E-state index contributed by atoms with van der Waals surface area (Å²) in [6.07, 6.45) is -4.75. The summed E-state index contributed by atoms with van der Waals surface area (Å²) in [4.78, 5) is 16.4. The number of ether oxygens (including phenoxy) is 1. The van der Waals surface area contributed by atoms with E-state index in [1.807, 2.05) is 0 Å². The molecule has 0 fully saturated rings. The maximum absolute atomic E-state index is 12.2. The van der Waals surface area contributed by atoms with E-state index in [0.717, 1.165) is 0 Å². The largest absolute Gasteiger partial charge is 0.573 e. The van der Waals surface area contributed by atoms with Gasteiger partial charge >= 0.3 is 6.36 Å². The molecule has 1 aliphatic rings. The molecular weight excluding hydrogens is 492 g/mol. The van der Waals surface area contributed by atoms with E-state index in [4.69, 9.17) is 5.11 Å². The second kappa shape index (κ2) is 8.65. The van der Waals surface area contributed by atoms with E-state index in [1.54, 1.807) is 18.2 Å². The maximum atomic E-state index is 12.2. The van der Waals surface area contributed by atoms with Gasteiger partial charge in [0.25, 0.3) is 5.91 Å². The molecule has 0 aromatic heterocycles. The third-order valence-electron chi connectivity index (χ3n) is 3.49. The van der Waals surface area contributed by atoms with Crippen LogP contribution in [0.2, 0.25) is 0 Å². The number of nitrogens with one attached hydrogen (secondary N) is 2. The number of carbonyl (C=O) groups excluding carboxylic acids is 1. The smallest absolute Gasteiger partial charge is 0.406 e. The van der Waals surface area contributed by atoms with E-state index < -0.39 is 27.7 Å². The predicted molar refractivity (Wildman–Crippen MR) is 105 cm³/mol. The number of nitrogens with zero attached hydrogens (tertiary/aromatic N) is 2. The predicted octanol–water partition coefficient (Wildman–Crippen LogP) is 3.88. The van der Waals surface area contributed by atoms with Crippen molar-refractivity contribution in [2.24, 2.45) is 8.14 Å². The van der Waals surface area contributed by atoms with Gasteiger partial charge in [0.15, 0.2) is 5.84 Å². The molecule has 0 atom stereocenters. The van der Waals surface area contributed by atoms with Crippen LogP contribution in [-0.2, 0) is 0 Å². The van der Waals surface area contributed by atoms with Crippen molar-refractivity contribution in [2.45, 2.75) is 6.36 Å². The summed E-state index contributed by atoms with van der Waals surface area (Å²) < 4.78 is 48.1. The van der Waals surface area contributed by atoms with Gasteiger partial charge in [-0.15, -0.1) is 13.2 Å². The molecule has 11 heteroatoms. The monoisotopic (exact) mass is 506 g/mol. The zero-order chi connectivity index (χ0) is 20.1. The molecule has 3 rings (SSSR count). The summed E-state index contributed by atoms with van der Waals surface area (Å²) in [6, 6.07) is 10.1. The molecule has 0 spiro atoms. The number of aliphatic imine (C=N–C) groups is 1. The first-order chi connectivity index (χ1) is 13.4. The highest BCUT2D eigenvalue weighted by Gasteiger charge is 2.31. The molecule has 3 N–H and O–H groups in total. The lowest BCUT2D eigenvalue weighted by molar-refractivity contribution is -0.274. The Bertz CT molecular complexity index is 930. The molecule has 1 heterocycles. The highest BCUT2D eigenvalue weighted by molar-refractivity contribution is 14.2. The van der Waals surface area contributed by atoms with Gasteiger partial charge in [-0.25, -0.2) is 4.99 Å². The minimum Gasteiger partial charge on any atom is -0.406 e. The average Bonchev–Trinajstić information content (AvgIpc) is 2.66. The number of hydrogen-bond acceptors (Lipinski definition) is 5. The van der Waals surface area contributed by atoms with E-state index in [9.17, 15) is 18.0 Å². The highest BCUT2D eigenvalue weighted by atomic mass is 127. The van der Waals surface area contributed by atoms with Gasteiger partial charge in [0.1, 0.15) is 27.1 Å². The number of hydrogen-bond donors (Lipinski definition) is 3. The molecule has 1 aliphatic heterocycles. The molecule has 0 unspecified atom stereocenters. The Hall–Kier alpha value is -2.54. The lowest BCUT2D eigenvalue weighted by atomic mass is 10.1. The Labute approximate surface area is 168 Å². The zero-order valence-electron chi connectivity index (χ0n) is 14.1. The maximum Gasteiger partial charge on any atom is 0.573 e. The molecule has 148 valence electrons. The fourth-order valence-corrected chi connectivity index (χ4v) is 3.73. The number of amidine groups is 1. The minimum absolute atomic E-state index is 0.150. The van der Waals surface area contributed by atoms with Crippen LogP contribution in [0.3, 0.4) is 0 Å². The van der Waals surface area contributed by atoms with Crippen LogP contribution in [0.25, 0.3) is 0 Å². The first-order valence-electron chi connectivity index (χ1n) is 7.94. The average molecular weight is 506 g/mol. The van der Waals surface area contributed by atoms with Gasteiger partial charge in [-0.3, -0.25) is 4.79 Å². The van der Waals surface area contributed by atoms with Gasteiger partial charge in [0, 0.05) is 17.7 Å². The van der Waals surface area contributed by atoms with Crippen LogP contribution in [0.15, 0.2) is 50.6 Å². The number of amides is 1. The van der Waals surface area contributed by atoms with Gasteiger partial charge in [-0.05, 0) is 42.5 Å². The Morgan fingerprint density at radius 2 is 2.00 bits per heavy atom. The van der Waals surface area contributed by atoms with Crippen molar-refractivity contribution in [3.63, 3.8) is 0 Å². The quantitative estimate of drug-likeness (QED) is 0.424. The number of fused-ring (bicyclic) bond motifs is 1. The Morgan fingerprint density at radius 1 is 1.25 bits per heavy atom. The summed E-state index contributed by atoms with van der Waals surface area (Å²) in [5, 5.41) is 11.4. The zero-order valence-corrected chi connectivity index (χ0v) is 16.3. The molecule has 2 aromatic carbocycles. The summed E-state index contributed by atoms with van der Waals surface area (Å²) in [7, 11) is 0. The van der Waals surface area contributed by atoms with Gasteiger partial charge in [0.2, 0.25) is 0 Å². The van der Waals surface area contributed by atoms with Crippen LogP contribution in [0.4, 0.5) is 24.5 Å². The summed E-state index contributed by atoms with van der Waals surface area (Å²) in [5.74, 6) is -0.198. The second-order valence-corrected chi connectivity index (χ2v) is 6.98. The second-order valence-electron chi connectivity index (χ2n) is 5.48. The Morgan fingerprint density at radius 3 is 2.68 bits per heavy atom. The fourth-order valence-electron chi connectivity index (χ4n) is 2.31. The van der Waals surface area contributed by atoms with E-state index in [2.05, 4.69) is 21.7 Å². The van der Waals surface area contributed by atoms with E-state index in [0.29, 0.717) is 28.3 Å². The topological polar surface area (TPSA) is 95.3 Å². The molecule has 0 saturated heterocycles. The molecular formula is C17H14F3IN4O3. The normalized spacial score (nSPS) is 14.6. The molecule has 2 aromatic rings. The lowest BCUT2D eigenvalue weighted by Crippen LogP contribution is -2.26. The number of benzene rings is 2. The molecule has 0 aliphatic carbocycles. The standard InChI is InChI=1S/C17H14F3IN4O3/c18-17(19,20)28-12-4-2-11(3-5-12)23-15-13-6-1-10(16(27)22-7-8-26)9-14(13)24-21-25-15/h1-6,9,26H,7-8H2,(H,22,27)(H,23,24,25). The van der Waals surface area contributed by atoms with Crippen LogP contribution < -0.4 is 13.6 Å². The number of aliphatic hydroxyl groups excluding tert-OH is 1. The van der Waals surface area contributed by atoms with E-state index >= 15 is 0 Å². The van der Waals surface area contributed by atoms with Crippen LogP contribution in [0.1, 0.15) is 15.9 Å². The number of carbonyl (C=O) groups is 1. The van der Waals surface area contributed by atoms with Gasteiger partial charge in [0.05, 0.1) is 18.0 Å². The van der Waals surface area contributed by atoms with Crippen molar-refractivity contribution in [3.05, 3.63) is 53.6 Å². The summed E-state index contributed by atoms with van der Waals surface area (Å²) in [6.45, 7) is 0.00919. The molecule has 1 amide bonds. The van der Waals surface area contributed by atoms with Crippen molar-refractivity contribution in [1.29, 1.82) is 0 Å². The Balaban J connectivity index is 1.82. The SMILES string of the molecule is O=C(NCCO)c1ccc2c(c1)NI=NC2=Nc1ccc(OC(F)(F)F)cc1. The first kappa shape index (κ1) is 20.2. The highest BCUT2D eigenvalue weighted by Crippen LogP contribution is 2.30. The molecule has 7 nitrogen and oxygen atoms in total. The molecule has 0 bridgehead atoms. The molecule has 0 saturated carbocycles. The fraction of sp³-hybridized carbons (Fsp3) is 0.176. The number of alkyl halides is 3. The van der Waals surface area contributed by atoms with Crippen molar-refractivity contribution in [3.8, 4) is 5.75 Å². The number of anilines is 1. The van der Waals surface area contributed by atoms with Crippen molar-refractivity contribution < 1.29 is 27.8 Å². The van der Waals surface area contributed by atoms with Gasteiger partial charge < -0.3 is 18.7 Å². The third kappa shape index (κ3) is 5.25. The molecule has 0 radical (unpaired) electrons. The van der Waals surface area contributed by atoms with E-state index in [-0.39, 0.29) is 24.8 Å².